The molecule has 1 amide bonds. The van der Waals surface area contributed by atoms with Gasteiger partial charge < -0.3 is 9.73 Å². The van der Waals surface area contributed by atoms with Crippen molar-refractivity contribution in [2.75, 3.05) is 6.54 Å². The average molecular weight is 549 g/mol. The Kier molecular flexibility index (Phi) is 6.65. The fourth-order valence-corrected chi connectivity index (χ4v) is 5.87. The van der Waals surface area contributed by atoms with Gasteiger partial charge in [-0.15, -0.1) is 0 Å². The molecule has 4 heterocycles. The Morgan fingerprint density at radius 1 is 1.08 bits per heavy atom. The summed E-state index contributed by atoms with van der Waals surface area (Å²) in [6.45, 7) is 0.147. The van der Waals surface area contributed by atoms with E-state index in [-0.39, 0.29) is 29.5 Å². The standard InChI is InChI=1S/C25H20F4N4O4S/c26-18-4-6-22-16(11-18)12-23(37-22)38(35,36)33-9-1-2-21(33)24(34)32-13-15-7-8-30-20(10-15)19-5-3-17(14-31-19)25(27,28)29/h3-8,10-12,14,21H,1-2,9,13H2,(H,32,34). The van der Waals surface area contributed by atoms with E-state index in [0.717, 1.165) is 28.7 Å². The summed E-state index contributed by atoms with van der Waals surface area (Å²) >= 11 is 0. The molecule has 5 rings (SSSR count). The van der Waals surface area contributed by atoms with Crippen molar-refractivity contribution in [3.8, 4) is 11.4 Å². The number of halogens is 4. The Morgan fingerprint density at radius 3 is 2.63 bits per heavy atom. The summed E-state index contributed by atoms with van der Waals surface area (Å²) < 4.78 is 84.9. The van der Waals surface area contributed by atoms with Crippen LogP contribution in [0.25, 0.3) is 22.4 Å². The van der Waals surface area contributed by atoms with Gasteiger partial charge in [0.1, 0.15) is 17.4 Å². The van der Waals surface area contributed by atoms with Gasteiger partial charge in [0.2, 0.25) is 11.0 Å². The summed E-state index contributed by atoms with van der Waals surface area (Å²) in [4.78, 5) is 20.9. The minimum atomic E-state index is -4.50. The van der Waals surface area contributed by atoms with E-state index in [9.17, 15) is 30.8 Å². The van der Waals surface area contributed by atoms with Crippen LogP contribution in [0.5, 0.6) is 0 Å². The first-order valence-corrected chi connectivity index (χ1v) is 12.9. The van der Waals surface area contributed by atoms with Gasteiger partial charge in [-0.25, -0.2) is 12.8 Å². The van der Waals surface area contributed by atoms with Crippen LogP contribution in [0.2, 0.25) is 0 Å². The molecule has 0 spiro atoms. The largest absolute Gasteiger partial charge is 0.443 e. The van der Waals surface area contributed by atoms with Gasteiger partial charge >= 0.3 is 6.18 Å². The SMILES string of the molecule is O=C(NCc1ccnc(-c2ccc(C(F)(F)F)cn2)c1)C1CCCN1S(=O)(=O)c1cc2cc(F)ccc2o1. The molecule has 1 unspecified atom stereocenters. The first-order valence-electron chi connectivity index (χ1n) is 11.5. The third kappa shape index (κ3) is 5.11. The molecule has 198 valence electrons. The van der Waals surface area contributed by atoms with Crippen molar-refractivity contribution in [1.29, 1.82) is 0 Å². The van der Waals surface area contributed by atoms with Crippen LogP contribution >= 0.6 is 0 Å². The molecule has 0 saturated carbocycles. The second-order valence-electron chi connectivity index (χ2n) is 8.72. The van der Waals surface area contributed by atoms with Crippen molar-refractivity contribution in [3.63, 3.8) is 0 Å². The summed E-state index contributed by atoms with van der Waals surface area (Å²) in [5, 5.41) is 2.63. The number of carbonyl (C=O) groups is 1. The second-order valence-corrected chi connectivity index (χ2v) is 10.5. The number of hydrogen-bond donors (Lipinski definition) is 1. The van der Waals surface area contributed by atoms with Crippen molar-refractivity contribution >= 4 is 26.9 Å². The molecule has 4 aromatic rings. The molecule has 8 nitrogen and oxygen atoms in total. The van der Waals surface area contributed by atoms with Crippen LogP contribution in [-0.2, 0) is 27.5 Å². The zero-order valence-electron chi connectivity index (χ0n) is 19.6. The highest BCUT2D eigenvalue weighted by Gasteiger charge is 2.41. The van der Waals surface area contributed by atoms with Crippen LogP contribution in [0, 0.1) is 5.82 Å². The molecule has 0 radical (unpaired) electrons. The number of rotatable bonds is 6. The highest BCUT2D eigenvalue weighted by Crippen LogP contribution is 2.31. The number of pyridine rings is 2. The molecule has 1 saturated heterocycles. The van der Waals surface area contributed by atoms with Crippen molar-refractivity contribution in [1.82, 2.24) is 19.6 Å². The third-order valence-electron chi connectivity index (χ3n) is 6.17. The molecule has 0 aliphatic carbocycles. The lowest BCUT2D eigenvalue weighted by Crippen LogP contribution is -2.45. The fourth-order valence-electron chi connectivity index (χ4n) is 4.27. The molecular weight excluding hydrogens is 528 g/mol. The number of alkyl halides is 3. The molecule has 38 heavy (non-hydrogen) atoms. The van der Waals surface area contributed by atoms with Gasteiger partial charge in [0.05, 0.1) is 17.0 Å². The molecule has 1 aliphatic rings. The van der Waals surface area contributed by atoms with Crippen LogP contribution < -0.4 is 5.32 Å². The van der Waals surface area contributed by atoms with E-state index in [1.165, 1.54) is 24.4 Å². The number of carbonyl (C=O) groups excluding carboxylic acids is 1. The summed E-state index contributed by atoms with van der Waals surface area (Å²) in [5.74, 6) is -1.05. The van der Waals surface area contributed by atoms with E-state index in [1.807, 2.05) is 0 Å². The Labute approximate surface area is 214 Å². The first-order chi connectivity index (χ1) is 18.0. The monoisotopic (exact) mass is 548 g/mol. The number of amides is 1. The average Bonchev–Trinajstić information content (AvgIpc) is 3.55. The van der Waals surface area contributed by atoms with E-state index >= 15 is 0 Å². The third-order valence-corrected chi connectivity index (χ3v) is 7.93. The zero-order chi connectivity index (χ0) is 27.1. The summed E-state index contributed by atoms with van der Waals surface area (Å²) in [6.07, 6.45) is -1.58. The predicted molar refractivity (Wildman–Crippen MR) is 127 cm³/mol. The molecule has 1 N–H and O–H groups in total. The Bertz CT molecular complexity index is 1600. The maximum absolute atomic E-state index is 13.5. The van der Waals surface area contributed by atoms with Gasteiger partial charge in [-0.2, -0.15) is 17.5 Å². The van der Waals surface area contributed by atoms with Gasteiger partial charge in [-0.1, -0.05) is 0 Å². The molecule has 13 heteroatoms. The van der Waals surface area contributed by atoms with Crippen LogP contribution in [0.4, 0.5) is 17.6 Å². The summed E-state index contributed by atoms with van der Waals surface area (Å²) in [7, 11) is -4.16. The van der Waals surface area contributed by atoms with Gasteiger partial charge in [-0.05, 0) is 60.9 Å². The van der Waals surface area contributed by atoms with Crippen molar-refractivity contribution < 1.29 is 35.2 Å². The molecule has 1 atom stereocenters. The van der Waals surface area contributed by atoms with Gasteiger partial charge in [0.25, 0.3) is 10.0 Å². The van der Waals surface area contributed by atoms with E-state index in [2.05, 4.69) is 15.3 Å². The lowest BCUT2D eigenvalue weighted by atomic mass is 10.1. The molecule has 1 aromatic carbocycles. The molecule has 1 aliphatic heterocycles. The smallest absolute Gasteiger partial charge is 0.417 e. The van der Waals surface area contributed by atoms with Crippen molar-refractivity contribution in [3.05, 3.63) is 77.9 Å². The summed E-state index contributed by atoms with van der Waals surface area (Å²) in [6, 6.07) is 9.23. The first kappa shape index (κ1) is 25.8. The van der Waals surface area contributed by atoms with Gasteiger partial charge in [-0.3, -0.25) is 14.8 Å². The van der Waals surface area contributed by atoms with E-state index < -0.39 is 39.5 Å². The van der Waals surface area contributed by atoms with E-state index in [1.54, 1.807) is 12.1 Å². The fraction of sp³-hybridized carbons (Fsp3) is 0.240. The number of aromatic nitrogens is 2. The molecule has 0 bridgehead atoms. The lowest BCUT2D eigenvalue weighted by molar-refractivity contribution is -0.137. The normalized spacial score (nSPS) is 16.7. The topological polar surface area (TPSA) is 105 Å². The van der Waals surface area contributed by atoms with Gasteiger partial charge in [0.15, 0.2) is 0 Å². The highest BCUT2D eigenvalue weighted by molar-refractivity contribution is 7.89. The van der Waals surface area contributed by atoms with Gasteiger partial charge in [0, 0.05) is 36.9 Å². The Morgan fingerprint density at radius 2 is 1.89 bits per heavy atom. The number of fused-ring (bicyclic) bond motifs is 1. The quantitative estimate of drug-likeness (QED) is 0.356. The Hall–Kier alpha value is -3.84. The van der Waals surface area contributed by atoms with Crippen molar-refractivity contribution in [2.45, 2.75) is 36.7 Å². The minimum Gasteiger partial charge on any atom is -0.443 e. The molecular formula is C25H20F4N4O4S. The number of nitrogens with one attached hydrogen (secondary N) is 1. The second kappa shape index (κ2) is 9.80. The number of hydrogen-bond acceptors (Lipinski definition) is 6. The maximum Gasteiger partial charge on any atom is 0.417 e. The Balaban J connectivity index is 1.28. The number of furan rings is 1. The molecule has 3 aromatic heterocycles. The van der Waals surface area contributed by atoms with Crippen LogP contribution in [0.1, 0.15) is 24.0 Å². The van der Waals surface area contributed by atoms with E-state index in [4.69, 9.17) is 4.42 Å². The number of nitrogens with zero attached hydrogens (tertiary/aromatic N) is 3. The minimum absolute atomic E-state index is 0.0310. The number of benzene rings is 1. The predicted octanol–water partition coefficient (Wildman–Crippen LogP) is 4.52. The van der Waals surface area contributed by atoms with Crippen LogP contribution in [-0.4, -0.2) is 41.2 Å². The van der Waals surface area contributed by atoms with Crippen LogP contribution in [0.3, 0.4) is 0 Å². The van der Waals surface area contributed by atoms with E-state index in [0.29, 0.717) is 29.5 Å². The van der Waals surface area contributed by atoms with Crippen LogP contribution in [0.15, 0.2) is 70.4 Å². The maximum atomic E-state index is 13.5. The molecule has 1 fully saturated rings. The summed E-state index contributed by atoms with van der Waals surface area (Å²) in [5.41, 5.74) is 0.468. The van der Waals surface area contributed by atoms with Crippen molar-refractivity contribution in [2.24, 2.45) is 0 Å². The highest BCUT2D eigenvalue weighted by atomic mass is 32.2. The zero-order valence-corrected chi connectivity index (χ0v) is 20.4. The number of sulfonamides is 1. The lowest BCUT2D eigenvalue weighted by Gasteiger charge is -2.22.